The van der Waals surface area contributed by atoms with Crippen molar-refractivity contribution in [2.24, 2.45) is 4.99 Å². The largest absolute Gasteiger partial charge is 0.356 e. The predicted octanol–water partition coefficient (Wildman–Crippen LogP) is 3.85. The van der Waals surface area contributed by atoms with Crippen molar-refractivity contribution >= 4 is 40.9 Å². The van der Waals surface area contributed by atoms with Crippen LogP contribution in [0.2, 0.25) is 10.2 Å². The molecule has 0 aliphatic heterocycles. The maximum Gasteiger partial charge on any atom is 0.191 e. The maximum absolute atomic E-state index is 5.87. The molecule has 0 aliphatic rings. The quantitative estimate of drug-likeness (QED) is 0.267. The van der Waals surface area contributed by atoms with E-state index in [-0.39, 0.29) is 0 Å². The van der Waals surface area contributed by atoms with Crippen LogP contribution in [0.5, 0.6) is 0 Å². The summed E-state index contributed by atoms with van der Waals surface area (Å²) in [5, 5.41) is 7.77. The molecule has 1 aromatic heterocycles. The molecule has 0 saturated carbocycles. The molecule has 0 aliphatic carbocycles. The third kappa shape index (κ3) is 6.69. The summed E-state index contributed by atoms with van der Waals surface area (Å²) in [6, 6.07) is 11.6. The number of nitrogens with zero attached hydrogens (tertiary/aromatic N) is 2. The molecular formula is C16H18Cl2N4S. The normalized spacial score (nSPS) is 11.3. The number of thioether (sulfide) groups is 1. The summed E-state index contributed by atoms with van der Waals surface area (Å²) in [7, 11) is 1.75. The van der Waals surface area contributed by atoms with Crippen molar-refractivity contribution in [1.82, 2.24) is 15.6 Å². The Morgan fingerprint density at radius 3 is 2.57 bits per heavy atom. The summed E-state index contributed by atoms with van der Waals surface area (Å²) in [6.45, 7) is 1.46. The highest BCUT2D eigenvalue weighted by Gasteiger charge is 2.00. The number of benzene rings is 1. The molecule has 0 spiro atoms. The van der Waals surface area contributed by atoms with Crippen molar-refractivity contribution in [2.75, 3.05) is 19.3 Å². The molecule has 2 N–H and O–H groups in total. The summed E-state index contributed by atoms with van der Waals surface area (Å²) < 4.78 is 0. The Kier molecular flexibility index (Phi) is 7.52. The molecule has 2 rings (SSSR count). The lowest BCUT2D eigenvalue weighted by molar-refractivity contribution is 0.829. The Bertz CT molecular complexity index is 630. The Morgan fingerprint density at radius 1 is 1.13 bits per heavy atom. The van der Waals surface area contributed by atoms with Gasteiger partial charge in [0.05, 0.1) is 0 Å². The van der Waals surface area contributed by atoms with E-state index in [1.165, 1.54) is 4.90 Å². The fourth-order valence-corrected chi connectivity index (χ4v) is 2.79. The molecule has 1 aromatic carbocycles. The van der Waals surface area contributed by atoms with Gasteiger partial charge in [0.25, 0.3) is 0 Å². The van der Waals surface area contributed by atoms with Crippen LogP contribution in [0.4, 0.5) is 0 Å². The lowest BCUT2D eigenvalue weighted by Gasteiger charge is -2.11. The summed E-state index contributed by atoms with van der Waals surface area (Å²) in [6.07, 6.45) is 1.75. The van der Waals surface area contributed by atoms with Crippen LogP contribution in [0, 0.1) is 0 Å². The Labute approximate surface area is 150 Å². The van der Waals surface area contributed by atoms with Crippen molar-refractivity contribution in [1.29, 1.82) is 0 Å². The van der Waals surface area contributed by atoms with Gasteiger partial charge in [-0.3, -0.25) is 4.99 Å². The van der Waals surface area contributed by atoms with E-state index in [0.717, 1.165) is 28.8 Å². The number of aliphatic imine (C=N–C) groups is 1. The Hall–Kier alpha value is -1.43. The van der Waals surface area contributed by atoms with Crippen LogP contribution in [-0.2, 0) is 6.54 Å². The number of nitrogens with one attached hydrogen (secondary N) is 2. The van der Waals surface area contributed by atoms with Crippen molar-refractivity contribution in [3.63, 3.8) is 0 Å². The molecule has 0 atom stereocenters. The van der Waals surface area contributed by atoms with Crippen molar-refractivity contribution in [3.8, 4) is 0 Å². The molecule has 1 heterocycles. The van der Waals surface area contributed by atoms with Crippen LogP contribution in [0.1, 0.15) is 5.56 Å². The lowest BCUT2D eigenvalue weighted by Crippen LogP contribution is -2.37. The monoisotopic (exact) mass is 368 g/mol. The van der Waals surface area contributed by atoms with Gasteiger partial charge in [0.1, 0.15) is 5.15 Å². The zero-order valence-corrected chi connectivity index (χ0v) is 15.0. The molecule has 0 amide bonds. The van der Waals surface area contributed by atoms with Gasteiger partial charge in [0.2, 0.25) is 0 Å². The van der Waals surface area contributed by atoms with E-state index in [2.05, 4.69) is 20.6 Å². The average molecular weight is 369 g/mol. The first-order valence-electron chi connectivity index (χ1n) is 7.10. The minimum Gasteiger partial charge on any atom is -0.356 e. The number of hydrogen-bond donors (Lipinski definition) is 2. The number of hydrogen-bond acceptors (Lipinski definition) is 3. The molecule has 4 nitrogen and oxygen atoms in total. The van der Waals surface area contributed by atoms with Gasteiger partial charge in [-0.05, 0) is 35.9 Å². The van der Waals surface area contributed by atoms with Gasteiger partial charge in [-0.2, -0.15) is 0 Å². The van der Waals surface area contributed by atoms with Gasteiger partial charge in [0, 0.05) is 42.0 Å². The van der Waals surface area contributed by atoms with E-state index in [4.69, 9.17) is 23.2 Å². The minimum atomic E-state index is 0.496. The highest BCUT2D eigenvalue weighted by molar-refractivity contribution is 7.99. The summed E-state index contributed by atoms with van der Waals surface area (Å²) in [4.78, 5) is 9.45. The molecule has 0 fully saturated rings. The van der Waals surface area contributed by atoms with E-state index in [1.54, 1.807) is 31.1 Å². The van der Waals surface area contributed by atoms with Crippen LogP contribution in [0.25, 0.3) is 0 Å². The van der Waals surface area contributed by atoms with Gasteiger partial charge in [-0.15, -0.1) is 11.8 Å². The Morgan fingerprint density at radius 2 is 1.91 bits per heavy atom. The SMILES string of the molecule is CN=C(NCCSc1ccc(Cl)cc1)NCc1ccc(Cl)nc1. The van der Waals surface area contributed by atoms with E-state index in [9.17, 15) is 0 Å². The molecule has 23 heavy (non-hydrogen) atoms. The van der Waals surface area contributed by atoms with Crippen LogP contribution < -0.4 is 10.6 Å². The second-order valence-electron chi connectivity index (χ2n) is 4.64. The topological polar surface area (TPSA) is 49.3 Å². The molecule has 122 valence electrons. The average Bonchev–Trinajstić information content (AvgIpc) is 2.57. The summed E-state index contributed by atoms with van der Waals surface area (Å²) >= 11 is 13.4. The molecular weight excluding hydrogens is 351 g/mol. The molecule has 7 heteroatoms. The maximum atomic E-state index is 5.87. The summed E-state index contributed by atoms with van der Waals surface area (Å²) in [5.41, 5.74) is 1.05. The molecule has 0 saturated heterocycles. The van der Waals surface area contributed by atoms with E-state index >= 15 is 0 Å². The highest BCUT2D eigenvalue weighted by Crippen LogP contribution is 2.19. The van der Waals surface area contributed by atoms with E-state index in [1.807, 2.05) is 30.3 Å². The third-order valence-electron chi connectivity index (χ3n) is 2.95. The summed E-state index contributed by atoms with van der Waals surface area (Å²) in [5.74, 6) is 1.70. The van der Waals surface area contributed by atoms with E-state index in [0.29, 0.717) is 11.7 Å². The molecule has 0 unspecified atom stereocenters. The van der Waals surface area contributed by atoms with Gasteiger partial charge >= 0.3 is 0 Å². The first-order chi connectivity index (χ1) is 11.2. The fourth-order valence-electron chi connectivity index (χ4n) is 1.79. The third-order valence-corrected chi connectivity index (χ3v) is 4.44. The number of guanidine groups is 1. The highest BCUT2D eigenvalue weighted by atomic mass is 35.5. The van der Waals surface area contributed by atoms with Crippen molar-refractivity contribution < 1.29 is 0 Å². The van der Waals surface area contributed by atoms with Crippen LogP contribution in [-0.4, -0.2) is 30.3 Å². The first kappa shape index (κ1) is 17.9. The lowest BCUT2D eigenvalue weighted by atomic mass is 10.3. The van der Waals surface area contributed by atoms with Crippen LogP contribution in [0.3, 0.4) is 0 Å². The van der Waals surface area contributed by atoms with Gasteiger partial charge < -0.3 is 10.6 Å². The van der Waals surface area contributed by atoms with E-state index < -0.39 is 0 Å². The molecule has 2 aromatic rings. The molecule has 0 radical (unpaired) electrons. The standard InChI is InChI=1S/C16H18Cl2N4S/c1-19-16(22-11-12-2-7-15(18)21-10-12)20-8-9-23-14-5-3-13(17)4-6-14/h2-7,10H,8-9,11H2,1H3,(H2,19,20,22). The Balaban J connectivity index is 1.68. The van der Waals surface area contributed by atoms with Gasteiger partial charge in [0.15, 0.2) is 5.96 Å². The fraction of sp³-hybridized carbons (Fsp3) is 0.250. The predicted molar refractivity (Wildman–Crippen MR) is 99.6 cm³/mol. The minimum absolute atomic E-state index is 0.496. The van der Waals surface area contributed by atoms with Crippen molar-refractivity contribution in [2.45, 2.75) is 11.4 Å². The van der Waals surface area contributed by atoms with Gasteiger partial charge in [-0.1, -0.05) is 29.3 Å². The first-order valence-corrected chi connectivity index (χ1v) is 8.85. The number of rotatable bonds is 6. The van der Waals surface area contributed by atoms with Gasteiger partial charge in [-0.25, -0.2) is 4.98 Å². The number of pyridine rings is 1. The number of halogens is 2. The smallest absolute Gasteiger partial charge is 0.191 e. The zero-order chi connectivity index (χ0) is 16.5. The van der Waals surface area contributed by atoms with Crippen LogP contribution in [0.15, 0.2) is 52.5 Å². The second kappa shape index (κ2) is 9.65. The molecule has 0 bridgehead atoms. The van der Waals surface area contributed by atoms with Crippen molar-refractivity contribution in [3.05, 3.63) is 58.3 Å². The second-order valence-corrected chi connectivity index (χ2v) is 6.64. The zero-order valence-electron chi connectivity index (χ0n) is 12.7. The van der Waals surface area contributed by atoms with Crippen LogP contribution >= 0.6 is 35.0 Å². The number of aromatic nitrogens is 1.